The molecule has 0 saturated carbocycles. The Morgan fingerprint density at radius 2 is 2.14 bits per heavy atom. The predicted octanol–water partition coefficient (Wildman–Crippen LogP) is -2.74. The summed E-state index contributed by atoms with van der Waals surface area (Å²) in [5, 5.41) is 2.53. The molecule has 0 aromatic carbocycles. The van der Waals surface area contributed by atoms with Crippen LogP contribution in [-0.4, -0.2) is 12.5 Å². The van der Waals surface area contributed by atoms with Crippen molar-refractivity contribution in [2.75, 3.05) is 0 Å². The topological polar surface area (TPSA) is 29.1 Å². The molecule has 1 amide bonds. The van der Waals surface area contributed by atoms with Crippen LogP contribution in [-0.2, 0) is 4.79 Å². The van der Waals surface area contributed by atoms with Gasteiger partial charge in [-0.25, -0.2) is 0 Å². The summed E-state index contributed by atoms with van der Waals surface area (Å²) in [6.45, 7) is 3.82. The number of hydrogen-bond acceptors (Lipinski definition) is 1. The zero-order valence-electron chi connectivity index (χ0n) is 6.06. The van der Waals surface area contributed by atoms with Crippen molar-refractivity contribution in [3.63, 3.8) is 0 Å². The predicted molar refractivity (Wildman–Crippen MR) is 25.4 cm³/mol. The van der Waals surface area contributed by atoms with Crippen LogP contribution in [0.1, 0.15) is 15.3 Å². The van der Waals surface area contributed by atoms with Gasteiger partial charge in [0.05, 0.1) is 0 Å². The molecular weight excluding hydrogens is 101 g/mol. The molecule has 0 fully saturated rings. The Morgan fingerprint density at radius 3 is 2.14 bits per heavy atom. The van der Waals surface area contributed by atoms with Crippen molar-refractivity contribution in [2.45, 2.75) is 19.9 Å². The van der Waals surface area contributed by atoms with Gasteiger partial charge in [0.1, 0.15) is 0 Å². The maximum absolute atomic E-state index is 9.50. The summed E-state index contributed by atoms with van der Waals surface area (Å²) in [4.78, 5) is 9.50. The van der Waals surface area contributed by atoms with Crippen molar-refractivity contribution in [1.82, 2.24) is 5.32 Å². The van der Waals surface area contributed by atoms with Crippen molar-refractivity contribution < 1.29 is 35.8 Å². The van der Waals surface area contributed by atoms with Crippen LogP contribution in [0.3, 0.4) is 0 Å². The molecule has 0 saturated heterocycles. The van der Waals surface area contributed by atoms with Gasteiger partial charge in [-0.05, 0) is 13.8 Å². The first-order valence-electron chi connectivity index (χ1n) is 1.97. The van der Waals surface area contributed by atoms with Crippen LogP contribution in [0, 0.1) is 0 Å². The molecule has 0 spiro atoms. The third-order valence-electron chi connectivity index (χ3n) is 0.401. The summed E-state index contributed by atoms with van der Waals surface area (Å²) in [6.07, 6.45) is 0.699. The van der Waals surface area contributed by atoms with Crippen molar-refractivity contribution in [3.05, 3.63) is 0 Å². The molecule has 0 aromatic rings. The molecule has 3 heteroatoms. The summed E-state index contributed by atoms with van der Waals surface area (Å²) in [7, 11) is 0. The molecule has 0 heterocycles. The summed E-state index contributed by atoms with van der Waals surface area (Å²) in [5.41, 5.74) is 0. The van der Waals surface area contributed by atoms with Gasteiger partial charge in [-0.15, -0.1) is 0 Å². The van der Waals surface area contributed by atoms with E-state index in [0.29, 0.717) is 6.41 Å². The van der Waals surface area contributed by atoms with E-state index in [0.717, 1.165) is 0 Å². The van der Waals surface area contributed by atoms with E-state index in [1.54, 1.807) is 0 Å². The van der Waals surface area contributed by atoms with Crippen LogP contribution in [0.2, 0.25) is 0 Å². The van der Waals surface area contributed by atoms with E-state index in [-0.39, 0.29) is 37.0 Å². The van der Waals surface area contributed by atoms with E-state index in [4.69, 9.17) is 0 Å². The van der Waals surface area contributed by atoms with Gasteiger partial charge in [-0.2, -0.15) is 0 Å². The Balaban J connectivity index is -0.000000125. The standard InChI is InChI=1S/C4H9NO.Na.H/c1-4(2)5-3-6;;/h3-4H,1-2H3,(H,5,6);;/q;+1;-1. The fourth-order valence-corrected chi connectivity index (χ4v) is 0.136. The quantitative estimate of drug-likeness (QED) is 0.304. The fourth-order valence-electron chi connectivity index (χ4n) is 0.136. The molecule has 0 atom stereocenters. The van der Waals surface area contributed by atoms with Crippen molar-refractivity contribution >= 4 is 6.41 Å². The van der Waals surface area contributed by atoms with E-state index in [2.05, 4.69) is 5.32 Å². The molecule has 0 aliphatic heterocycles. The Kier molecular flexibility index (Phi) is 9.66. The van der Waals surface area contributed by atoms with E-state index in [9.17, 15) is 4.79 Å². The number of rotatable bonds is 2. The van der Waals surface area contributed by atoms with Crippen molar-refractivity contribution in [2.24, 2.45) is 0 Å². The Labute approximate surface area is 67.4 Å². The summed E-state index contributed by atoms with van der Waals surface area (Å²) in [6, 6.07) is 0.280. The van der Waals surface area contributed by atoms with E-state index in [1.165, 1.54) is 0 Å². The van der Waals surface area contributed by atoms with Crippen molar-refractivity contribution in [1.29, 1.82) is 0 Å². The summed E-state index contributed by atoms with van der Waals surface area (Å²) >= 11 is 0. The van der Waals surface area contributed by atoms with Gasteiger partial charge in [-0.3, -0.25) is 4.79 Å². The minimum Gasteiger partial charge on any atom is -1.00 e. The van der Waals surface area contributed by atoms with Crippen LogP contribution in [0.5, 0.6) is 0 Å². The van der Waals surface area contributed by atoms with Gasteiger partial charge in [0.15, 0.2) is 0 Å². The molecule has 0 unspecified atom stereocenters. The zero-order valence-corrected chi connectivity index (χ0v) is 7.06. The largest absolute Gasteiger partial charge is 1.00 e. The molecule has 0 rings (SSSR count). The Morgan fingerprint density at radius 1 is 1.71 bits per heavy atom. The number of carbonyl (C=O) groups excluding carboxylic acids is 1. The number of amides is 1. The summed E-state index contributed by atoms with van der Waals surface area (Å²) in [5.74, 6) is 0. The van der Waals surface area contributed by atoms with E-state index < -0.39 is 0 Å². The second kappa shape index (κ2) is 6.47. The first-order valence-corrected chi connectivity index (χ1v) is 1.97. The minimum atomic E-state index is 0. The smallest absolute Gasteiger partial charge is 1.00 e. The van der Waals surface area contributed by atoms with Gasteiger partial charge in [0.2, 0.25) is 6.41 Å². The molecule has 0 radical (unpaired) electrons. The van der Waals surface area contributed by atoms with Gasteiger partial charge >= 0.3 is 29.6 Å². The van der Waals surface area contributed by atoms with Crippen LogP contribution in [0.15, 0.2) is 0 Å². The van der Waals surface area contributed by atoms with Gasteiger partial charge < -0.3 is 6.74 Å². The average Bonchev–Trinajstić information content (AvgIpc) is 1.35. The fraction of sp³-hybridized carbons (Fsp3) is 0.750. The van der Waals surface area contributed by atoms with Crippen molar-refractivity contribution in [3.8, 4) is 0 Å². The Bertz CT molecular complexity index is 51.3. The minimum absolute atomic E-state index is 0. The second-order valence-corrected chi connectivity index (χ2v) is 1.44. The first-order chi connectivity index (χ1) is 2.77. The number of carbonyl (C=O) groups is 1. The molecule has 2 nitrogen and oxygen atoms in total. The molecule has 38 valence electrons. The van der Waals surface area contributed by atoms with Crippen LogP contribution in [0.25, 0.3) is 0 Å². The van der Waals surface area contributed by atoms with E-state index in [1.807, 2.05) is 13.8 Å². The Hall–Kier alpha value is 0.470. The third-order valence-corrected chi connectivity index (χ3v) is 0.401. The van der Waals surface area contributed by atoms with Crippen LogP contribution >= 0.6 is 0 Å². The summed E-state index contributed by atoms with van der Waals surface area (Å²) < 4.78 is 0. The molecule has 0 aliphatic carbocycles. The molecule has 1 N–H and O–H groups in total. The normalized spacial score (nSPS) is 7.29. The number of hydrogen-bond donors (Lipinski definition) is 1. The molecule has 0 aromatic heterocycles. The average molecular weight is 111 g/mol. The SMILES string of the molecule is CC(C)NC=O.[H-].[Na+]. The molecule has 0 bridgehead atoms. The van der Waals surface area contributed by atoms with E-state index >= 15 is 0 Å². The molecule has 0 aliphatic rings. The number of nitrogens with one attached hydrogen (secondary N) is 1. The second-order valence-electron chi connectivity index (χ2n) is 1.44. The van der Waals surface area contributed by atoms with Crippen LogP contribution < -0.4 is 34.9 Å². The third kappa shape index (κ3) is 10.7. The molecular formula is C4H10NNaO. The van der Waals surface area contributed by atoms with Gasteiger partial charge in [-0.1, -0.05) is 0 Å². The maximum atomic E-state index is 9.50. The molecule has 7 heavy (non-hydrogen) atoms. The van der Waals surface area contributed by atoms with Gasteiger partial charge in [0.25, 0.3) is 0 Å². The monoisotopic (exact) mass is 111 g/mol. The van der Waals surface area contributed by atoms with Crippen LogP contribution in [0.4, 0.5) is 0 Å². The zero-order chi connectivity index (χ0) is 4.99. The van der Waals surface area contributed by atoms with Gasteiger partial charge in [0, 0.05) is 6.04 Å². The maximum Gasteiger partial charge on any atom is 1.00 e. The first kappa shape index (κ1) is 10.5.